The van der Waals surface area contributed by atoms with E-state index in [2.05, 4.69) is 4.98 Å². The lowest BCUT2D eigenvalue weighted by atomic mass is 10.3. The van der Waals surface area contributed by atoms with Crippen LogP contribution in [0.3, 0.4) is 0 Å². The molecule has 0 aliphatic heterocycles. The molecule has 0 atom stereocenters. The fourth-order valence-electron chi connectivity index (χ4n) is 1.52. The predicted molar refractivity (Wildman–Crippen MR) is 74.1 cm³/mol. The molecule has 1 aromatic rings. The average Bonchev–Trinajstić information content (AvgIpc) is 2.37. The molecule has 0 saturated carbocycles. The van der Waals surface area contributed by atoms with Gasteiger partial charge in [0.1, 0.15) is 17.4 Å². The maximum absolute atomic E-state index is 12.3. The van der Waals surface area contributed by atoms with Crippen molar-refractivity contribution in [1.29, 1.82) is 0 Å². The minimum atomic E-state index is -0.278. The number of aromatic nitrogens is 1. The minimum absolute atomic E-state index is 0.0495. The van der Waals surface area contributed by atoms with Gasteiger partial charge in [-0.3, -0.25) is 9.59 Å². The van der Waals surface area contributed by atoms with Gasteiger partial charge in [-0.2, -0.15) is 0 Å². The molecule has 0 radical (unpaired) electrons. The van der Waals surface area contributed by atoms with Crippen molar-refractivity contribution in [1.82, 2.24) is 14.8 Å². The Kier molecular flexibility index (Phi) is 5.76. The van der Waals surface area contributed by atoms with Crippen molar-refractivity contribution in [2.75, 3.05) is 27.2 Å². The number of likely N-dealkylation sites (N-methyl/N-ethyl adjacent to an activating group) is 1. The first kappa shape index (κ1) is 15.4. The van der Waals surface area contributed by atoms with Gasteiger partial charge in [-0.15, -0.1) is 0 Å². The minimum Gasteiger partial charge on any atom is -0.347 e. The van der Waals surface area contributed by atoms with Crippen LogP contribution in [0.1, 0.15) is 23.8 Å². The number of nitrogens with zero attached hydrogens (tertiary/aromatic N) is 3. The summed E-state index contributed by atoms with van der Waals surface area (Å²) in [5.74, 6) is -0.400. The van der Waals surface area contributed by atoms with Crippen LogP contribution >= 0.6 is 11.6 Å². The molecule has 19 heavy (non-hydrogen) atoms. The third kappa shape index (κ3) is 4.52. The van der Waals surface area contributed by atoms with Gasteiger partial charge >= 0.3 is 0 Å². The Morgan fingerprint density at radius 1 is 1.32 bits per heavy atom. The van der Waals surface area contributed by atoms with Gasteiger partial charge in [-0.1, -0.05) is 24.6 Å². The molecule has 2 amide bonds. The molecule has 1 rings (SSSR count). The SMILES string of the molecule is CCCN(CC(=O)N(C)C)C(=O)c1cccc(Cl)n1. The second-order valence-corrected chi connectivity index (χ2v) is 4.75. The molecule has 0 fully saturated rings. The number of pyridine rings is 1. The van der Waals surface area contributed by atoms with Gasteiger partial charge in [0.25, 0.3) is 5.91 Å². The molecule has 104 valence electrons. The highest BCUT2D eigenvalue weighted by Gasteiger charge is 2.20. The number of rotatable bonds is 5. The molecule has 0 aliphatic rings. The molecule has 6 heteroatoms. The molecule has 1 aromatic heterocycles. The summed E-state index contributed by atoms with van der Waals surface area (Å²) in [6, 6.07) is 4.87. The zero-order valence-electron chi connectivity index (χ0n) is 11.4. The summed E-state index contributed by atoms with van der Waals surface area (Å²) in [4.78, 5) is 30.9. The number of amides is 2. The molecule has 0 aromatic carbocycles. The first-order valence-electron chi connectivity index (χ1n) is 6.07. The number of carbonyl (C=O) groups excluding carboxylic acids is 2. The molecule has 0 spiro atoms. The maximum atomic E-state index is 12.3. The van der Waals surface area contributed by atoms with Crippen LogP contribution in [-0.4, -0.2) is 53.8 Å². The summed E-state index contributed by atoms with van der Waals surface area (Å²) in [5.41, 5.74) is 0.257. The molecule has 0 N–H and O–H groups in total. The van der Waals surface area contributed by atoms with Crippen molar-refractivity contribution in [3.8, 4) is 0 Å². The number of hydrogen-bond donors (Lipinski definition) is 0. The van der Waals surface area contributed by atoms with Gasteiger partial charge in [0.05, 0.1) is 0 Å². The van der Waals surface area contributed by atoms with Crippen LogP contribution in [-0.2, 0) is 4.79 Å². The second kappa shape index (κ2) is 7.09. The van der Waals surface area contributed by atoms with Crippen LogP contribution in [0, 0.1) is 0 Å². The lowest BCUT2D eigenvalue weighted by molar-refractivity contribution is -0.129. The van der Waals surface area contributed by atoms with Crippen molar-refractivity contribution < 1.29 is 9.59 Å². The molecule has 0 saturated heterocycles. The van der Waals surface area contributed by atoms with Crippen molar-refractivity contribution in [2.24, 2.45) is 0 Å². The van der Waals surface area contributed by atoms with E-state index in [0.717, 1.165) is 6.42 Å². The van der Waals surface area contributed by atoms with E-state index >= 15 is 0 Å². The summed E-state index contributed by atoms with van der Waals surface area (Å²) in [5, 5.41) is 0.265. The highest BCUT2D eigenvalue weighted by molar-refractivity contribution is 6.29. The van der Waals surface area contributed by atoms with Crippen LogP contribution in [0.2, 0.25) is 5.15 Å². The third-order valence-corrected chi connectivity index (χ3v) is 2.75. The summed E-state index contributed by atoms with van der Waals surface area (Å²) in [6.07, 6.45) is 0.771. The van der Waals surface area contributed by atoms with Crippen molar-refractivity contribution in [3.05, 3.63) is 29.0 Å². The van der Waals surface area contributed by atoms with Gasteiger partial charge in [0, 0.05) is 20.6 Å². The lowest BCUT2D eigenvalue weighted by Gasteiger charge is -2.23. The maximum Gasteiger partial charge on any atom is 0.272 e. The van der Waals surface area contributed by atoms with Crippen LogP contribution in [0.15, 0.2) is 18.2 Å². The number of carbonyl (C=O) groups is 2. The Hall–Kier alpha value is -1.62. The third-order valence-electron chi connectivity index (χ3n) is 2.54. The van der Waals surface area contributed by atoms with Gasteiger partial charge in [0.2, 0.25) is 5.91 Å². The molecule has 5 nitrogen and oxygen atoms in total. The predicted octanol–water partition coefficient (Wildman–Crippen LogP) is 1.68. The van der Waals surface area contributed by atoms with E-state index in [1.165, 1.54) is 9.80 Å². The topological polar surface area (TPSA) is 53.5 Å². The highest BCUT2D eigenvalue weighted by atomic mass is 35.5. The molecular weight excluding hydrogens is 266 g/mol. The van der Waals surface area contributed by atoms with E-state index in [4.69, 9.17) is 11.6 Å². The smallest absolute Gasteiger partial charge is 0.272 e. The van der Waals surface area contributed by atoms with E-state index in [0.29, 0.717) is 6.54 Å². The highest BCUT2D eigenvalue weighted by Crippen LogP contribution is 2.08. The summed E-state index contributed by atoms with van der Waals surface area (Å²) in [7, 11) is 3.32. The number of hydrogen-bond acceptors (Lipinski definition) is 3. The monoisotopic (exact) mass is 283 g/mol. The Morgan fingerprint density at radius 2 is 2.00 bits per heavy atom. The first-order chi connectivity index (χ1) is 8.95. The van der Waals surface area contributed by atoms with Gasteiger partial charge in [0.15, 0.2) is 0 Å². The zero-order valence-corrected chi connectivity index (χ0v) is 12.1. The van der Waals surface area contributed by atoms with Gasteiger partial charge in [-0.05, 0) is 18.6 Å². The Labute approximate surface area is 118 Å². The van der Waals surface area contributed by atoms with E-state index in [1.54, 1.807) is 32.3 Å². The van der Waals surface area contributed by atoms with Crippen LogP contribution in [0.4, 0.5) is 0 Å². The Morgan fingerprint density at radius 3 is 2.53 bits per heavy atom. The van der Waals surface area contributed by atoms with Crippen molar-refractivity contribution in [2.45, 2.75) is 13.3 Å². The number of halogens is 1. The quantitative estimate of drug-likeness (QED) is 0.773. The van der Waals surface area contributed by atoms with Crippen LogP contribution in [0.5, 0.6) is 0 Å². The molecule has 0 bridgehead atoms. The van der Waals surface area contributed by atoms with E-state index in [1.807, 2.05) is 6.92 Å². The van der Waals surface area contributed by atoms with Crippen LogP contribution in [0.25, 0.3) is 0 Å². The fraction of sp³-hybridized carbons (Fsp3) is 0.462. The molecule has 0 unspecified atom stereocenters. The van der Waals surface area contributed by atoms with E-state index in [9.17, 15) is 9.59 Å². The normalized spacial score (nSPS) is 10.1. The molecule has 0 aliphatic carbocycles. The fourth-order valence-corrected chi connectivity index (χ4v) is 1.68. The standard InChI is InChI=1S/C13H18ClN3O2/c1-4-8-17(9-12(18)16(2)3)13(19)10-6-5-7-11(14)15-10/h5-7H,4,8-9H2,1-3H3. The van der Waals surface area contributed by atoms with Gasteiger partial charge in [-0.25, -0.2) is 4.98 Å². The van der Waals surface area contributed by atoms with E-state index < -0.39 is 0 Å². The zero-order chi connectivity index (χ0) is 14.4. The summed E-state index contributed by atoms with van der Waals surface area (Å²) < 4.78 is 0. The van der Waals surface area contributed by atoms with Crippen molar-refractivity contribution in [3.63, 3.8) is 0 Å². The molecule has 1 heterocycles. The summed E-state index contributed by atoms with van der Waals surface area (Å²) >= 11 is 5.77. The Balaban J connectivity index is 2.86. The van der Waals surface area contributed by atoms with E-state index in [-0.39, 0.29) is 29.2 Å². The average molecular weight is 284 g/mol. The Bertz CT molecular complexity index is 463. The van der Waals surface area contributed by atoms with Crippen LogP contribution < -0.4 is 0 Å². The van der Waals surface area contributed by atoms with Crippen molar-refractivity contribution >= 4 is 23.4 Å². The first-order valence-corrected chi connectivity index (χ1v) is 6.45. The lowest BCUT2D eigenvalue weighted by Crippen LogP contribution is -2.41. The molecular formula is C13H18ClN3O2. The van der Waals surface area contributed by atoms with Gasteiger partial charge < -0.3 is 9.80 Å². The largest absolute Gasteiger partial charge is 0.347 e. The second-order valence-electron chi connectivity index (χ2n) is 4.36. The summed E-state index contributed by atoms with van der Waals surface area (Å²) in [6.45, 7) is 2.51.